The zero-order chi connectivity index (χ0) is 13.9. The summed E-state index contributed by atoms with van der Waals surface area (Å²) in [6, 6.07) is 12.3. The van der Waals surface area contributed by atoms with Crippen LogP contribution >= 0.6 is 0 Å². The molecule has 0 aliphatic heterocycles. The fourth-order valence-corrected chi connectivity index (χ4v) is 2.44. The molecule has 0 saturated heterocycles. The van der Waals surface area contributed by atoms with Crippen LogP contribution in [0.3, 0.4) is 0 Å². The topological polar surface area (TPSA) is 37.8 Å². The van der Waals surface area contributed by atoms with Gasteiger partial charge in [0.1, 0.15) is 5.82 Å². The van der Waals surface area contributed by atoms with Gasteiger partial charge in [-0.1, -0.05) is 24.3 Å². The van der Waals surface area contributed by atoms with Gasteiger partial charge in [-0.2, -0.15) is 0 Å². The van der Waals surface area contributed by atoms with Crippen LogP contribution in [0.4, 0.5) is 4.39 Å². The lowest BCUT2D eigenvalue weighted by molar-refractivity contribution is 0.617. The summed E-state index contributed by atoms with van der Waals surface area (Å²) >= 11 is 0. The molecule has 1 N–H and O–H groups in total. The van der Waals surface area contributed by atoms with Crippen LogP contribution in [0.2, 0.25) is 0 Å². The number of aromatic nitrogens is 2. The van der Waals surface area contributed by atoms with Gasteiger partial charge in [0.05, 0.1) is 17.1 Å². The van der Waals surface area contributed by atoms with Crippen molar-refractivity contribution in [2.75, 3.05) is 7.05 Å². The molecule has 0 spiro atoms. The SMILES string of the molecule is CNC(c1cccc(F)c1)c1cccc2nccnc12. The number of rotatable bonds is 3. The van der Waals surface area contributed by atoms with Gasteiger partial charge in [0.2, 0.25) is 0 Å². The van der Waals surface area contributed by atoms with Gasteiger partial charge in [-0.05, 0) is 30.8 Å². The summed E-state index contributed by atoms with van der Waals surface area (Å²) < 4.78 is 13.4. The quantitative estimate of drug-likeness (QED) is 0.792. The first-order chi connectivity index (χ1) is 9.79. The van der Waals surface area contributed by atoms with Crippen molar-refractivity contribution < 1.29 is 4.39 Å². The van der Waals surface area contributed by atoms with E-state index in [-0.39, 0.29) is 11.9 Å². The fraction of sp³-hybridized carbons (Fsp3) is 0.125. The van der Waals surface area contributed by atoms with Crippen molar-refractivity contribution in [2.24, 2.45) is 0 Å². The first-order valence-electron chi connectivity index (χ1n) is 6.42. The normalized spacial score (nSPS) is 12.5. The third-order valence-electron chi connectivity index (χ3n) is 3.31. The molecule has 1 atom stereocenters. The van der Waals surface area contributed by atoms with E-state index in [1.54, 1.807) is 18.5 Å². The lowest BCUT2D eigenvalue weighted by atomic mass is 9.97. The van der Waals surface area contributed by atoms with Crippen molar-refractivity contribution >= 4 is 11.0 Å². The first kappa shape index (κ1) is 12.7. The Morgan fingerprint density at radius 2 is 1.85 bits per heavy atom. The van der Waals surface area contributed by atoms with Crippen LogP contribution in [0.15, 0.2) is 54.9 Å². The molecule has 0 saturated carbocycles. The minimum absolute atomic E-state index is 0.119. The molecule has 0 aliphatic carbocycles. The number of fused-ring (bicyclic) bond motifs is 1. The van der Waals surface area contributed by atoms with Gasteiger partial charge in [0, 0.05) is 18.0 Å². The molecule has 100 valence electrons. The van der Waals surface area contributed by atoms with Crippen LogP contribution in [0.25, 0.3) is 11.0 Å². The second-order valence-corrected chi connectivity index (χ2v) is 4.55. The van der Waals surface area contributed by atoms with E-state index in [2.05, 4.69) is 15.3 Å². The van der Waals surface area contributed by atoms with Gasteiger partial charge in [-0.25, -0.2) is 4.39 Å². The van der Waals surface area contributed by atoms with Crippen LogP contribution in [0, 0.1) is 5.82 Å². The molecule has 1 aromatic heterocycles. The van der Waals surface area contributed by atoms with Crippen molar-refractivity contribution in [1.82, 2.24) is 15.3 Å². The van der Waals surface area contributed by atoms with E-state index in [1.165, 1.54) is 12.1 Å². The number of nitrogens with zero attached hydrogens (tertiary/aromatic N) is 2. The highest BCUT2D eigenvalue weighted by Gasteiger charge is 2.16. The summed E-state index contributed by atoms with van der Waals surface area (Å²) in [7, 11) is 1.85. The standard InChI is InChI=1S/C16H14FN3/c1-18-15(11-4-2-5-12(17)10-11)13-6-3-7-14-16(13)20-9-8-19-14/h2-10,15,18H,1H3. The van der Waals surface area contributed by atoms with Crippen molar-refractivity contribution in [3.05, 3.63) is 71.8 Å². The van der Waals surface area contributed by atoms with Crippen molar-refractivity contribution in [3.63, 3.8) is 0 Å². The molecule has 0 amide bonds. The monoisotopic (exact) mass is 267 g/mol. The Labute approximate surface area is 116 Å². The van der Waals surface area contributed by atoms with Crippen LogP contribution < -0.4 is 5.32 Å². The Hall–Kier alpha value is -2.33. The third-order valence-corrected chi connectivity index (χ3v) is 3.31. The fourth-order valence-electron chi connectivity index (χ4n) is 2.44. The van der Waals surface area contributed by atoms with Crippen LogP contribution in [0.5, 0.6) is 0 Å². The first-order valence-corrected chi connectivity index (χ1v) is 6.42. The molecular formula is C16H14FN3. The van der Waals surface area contributed by atoms with E-state index < -0.39 is 0 Å². The lowest BCUT2D eigenvalue weighted by Crippen LogP contribution is -2.18. The summed E-state index contributed by atoms with van der Waals surface area (Å²) in [5.74, 6) is -0.242. The van der Waals surface area contributed by atoms with Gasteiger partial charge < -0.3 is 5.32 Å². The van der Waals surface area contributed by atoms with E-state index in [0.717, 1.165) is 22.2 Å². The zero-order valence-corrected chi connectivity index (χ0v) is 11.0. The minimum atomic E-state index is -0.242. The summed E-state index contributed by atoms with van der Waals surface area (Å²) in [5.41, 5.74) is 3.52. The number of para-hydroxylation sites is 1. The average molecular weight is 267 g/mol. The van der Waals surface area contributed by atoms with Crippen LogP contribution in [-0.4, -0.2) is 17.0 Å². The Morgan fingerprint density at radius 1 is 1.05 bits per heavy atom. The second kappa shape index (κ2) is 5.35. The minimum Gasteiger partial charge on any atom is -0.309 e. The molecule has 1 unspecified atom stereocenters. The van der Waals surface area contributed by atoms with E-state index in [1.807, 2.05) is 31.3 Å². The number of benzene rings is 2. The largest absolute Gasteiger partial charge is 0.309 e. The molecule has 0 bridgehead atoms. The molecule has 4 heteroatoms. The highest BCUT2D eigenvalue weighted by Crippen LogP contribution is 2.26. The molecule has 20 heavy (non-hydrogen) atoms. The highest BCUT2D eigenvalue weighted by atomic mass is 19.1. The Bertz CT molecular complexity index is 737. The summed E-state index contributed by atoms with van der Waals surface area (Å²) in [6.45, 7) is 0. The average Bonchev–Trinajstić information content (AvgIpc) is 2.48. The molecule has 0 fully saturated rings. The summed E-state index contributed by atoms with van der Waals surface area (Å²) in [4.78, 5) is 8.71. The van der Waals surface area contributed by atoms with E-state index in [4.69, 9.17) is 0 Å². The highest BCUT2D eigenvalue weighted by molar-refractivity contribution is 5.78. The molecule has 2 aromatic carbocycles. The summed E-state index contributed by atoms with van der Waals surface area (Å²) in [6.07, 6.45) is 3.34. The van der Waals surface area contributed by atoms with Gasteiger partial charge in [-0.15, -0.1) is 0 Å². The number of nitrogens with one attached hydrogen (secondary N) is 1. The second-order valence-electron chi connectivity index (χ2n) is 4.55. The van der Waals surface area contributed by atoms with Crippen LogP contribution in [-0.2, 0) is 0 Å². The van der Waals surface area contributed by atoms with Crippen molar-refractivity contribution in [2.45, 2.75) is 6.04 Å². The third kappa shape index (κ3) is 2.26. The maximum Gasteiger partial charge on any atom is 0.123 e. The predicted molar refractivity (Wildman–Crippen MR) is 76.8 cm³/mol. The van der Waals surface area contributed by atoms with Gasteiger partial charge in [0.25, 0.3) is 0 Å². The Kier molecular flexibility index (Phi) is 3.39. The number of hydrogen-bond donors (Lipinski definition) is 1. The Morgan fingerprint density at radius 3 is 2.65 bits per heavy atom. The predicted octanol–water partition coefficient (Wildman–Crippen LogP) is 3.08. The van der Waals surface area contributed by atoms with E-state index in [9.17, 15) is 4.39 Å². The smallest absolute Gasteiger partial charge is 0.123 e. The molecule has 3 rings (SSSR count). The molecule has 0 aliphatic rings. The van der Waals surface area contributed by atoms with Gasteiger partial charge in [0.15, 0.2) is 0 Å². The van der Waals surface area contributed by atoms with E-state index in [0.29, 0.717) is 0 Å². The molecule has 0 radical (unpaired) electrons. The van der Waals surface area contributed by atoms with Crippen LogP contribution in [0.1, 0.15) is 17.2 Å². The summed E-state index contributed by atoms with van der Waals surface area (Å²) in [5, 5.41) is 3.22. The molecule has 3 nitrogen and oxygen atoms in total. The molecule has 1 heterocycles. The maximum atomic E-state index is 13.4. The Balaban J connectivity index is 2.17. The van der Waals surface area contributed by atoms with E-state index >= 15 is 0 Å². The lowest BCUT2D eigenvalue weighted by Gasteiger charge is -2.18. The van der Waals surface area contributed by atoms with Gasteiger partial charge in [-0.3, -0.25) is 9.97 Å². The van der Waals surface area contributed by atoms with Gasteiger partial charge >= 0.3 is 0 Å². The molecular weight excluding hydrogens is 253 g/mol. The number of halogens is 1. The maximum absolute atomic E-state index is 13.4. The zero-order valence-electron chi connectivity index (χ0n) is 11.0. The van der Waals surface area contributed by atoms with Crippen molar-refractivity contribution in [1.29, 1.82) is 0 Å². The number of hydrogen-bond acceptors (Lipinski definition) is 3. The molecule has 3 aromatic rings. The van der Waals surface area contributed by atoms with Crippen molar-refractivity contribution in [3.8, 4) is 0 Å².